The first-order valence-electron chi connectivity index (χ1n) is 10.6. The molecule has 8 heteroatoms. The molecule has 160 valence electrons. The maximum absolute atomic E-state index is 12.2. The fourth-order valence-corrected chi connectivity index (χ4v) is 4.10. The van der Waals surface area contributed by atoms with Crippen molar-refractivity contribution < 1.29 is 9.90 Å². The molecule has 1 aliphatic carbocycles. The van der Waals surface area contributed by atoms with Gasteiger partial charge in [-0.3, -0.25) is 4.79 Å². The van der Waals surface area contributed by atoms with Gasteiger partial charge in [0.25, 0.3) is 0 Å². The lowest BCUT2D eigenvalue weighted by Gasteiger charge is -2.40. The number of aliphatic hydroxyl groups excluding tert-OH is 1. The summed E-state index contributed by atoms with van der Waals surface area (Å²) in [7, 11) is 0. The van der Waals surface area contributed by atoms with Crippen molar-refractivity contribution in [2.24, 2.45) is 0 Å². The van der Waals surface area contributed by atoms with E-state index >= 15 is 0 Å². The predicted molar refractivity (Wildman–Crippen MR) is 117 cm³/mol. The zero-order valence-electron chi connectivity index (χ0n) is 17.7. The highest BCUT2D eigenvalue weighted by molar-refractivity contribution is 5.77. The van der Waals surface area contributed by atoms with Crippen molar-refractivity contribution in [1.29, 1.82) is 5.26 Å². The molecule has 31 heavy (non-hydrogen) atoms. The van der Waals surface area contributed by atoms with Crippen LogP contribution in [0.4, 0.5) is 5.82 Å². The number of carbonyl (C=O) groups is 1. The summed E-state index contributed by atoms with van der Waals surface area (Å²) in [6.07, 6.45) is 5.47. The van der Waals surface area contributed by atoms with Gasteiger partial charge >= 0.3 is 0 Å². The van der Waals surface area contributed by atoms with Crippen LogP contribution in [0.1, 0.15) is 49.1 Å². The molecule has 1 amide bonds. The molecular formula is C23H26N6O2. The molecule has 1 aliphatic heterocycles. The summed E-state index contributed by atoms with van der Waals surface area (Å²) in [6.45, 7) is 7.35. The summed E-state index contributed by atoms with van der Waals surface area (Å²) in [5, 5.41) is 19.0. The Morgan fingerprint density at radius 3 is 2.81 bits per heavy atom. The number of pyridine rings is 1. The number of rotatable bonds is 6. The Morgan fingerprint density at radius 2 is 2.16 bits per heavy atom. The minimum atomic E-state index is -0.144. The standard InChI is InChI=1S/C23H26N6O2/c1-3-18-11-20(26-14-25-18)19-10-17(12-24)23(27-22(19)16-4-5-16)28-7-8-29(15(2)13-28)21(31)6-9-30/h3,10-11,14-16,30H,1,4-9,13H2,2H3/t15-/m1/s1. The smallest absolute Gasteiger partial charge is 0.225 e. The van der Waals surface area contributed by atoms with Crippen molar-refractivity contribution in [2.75, 3.05) is 31.1 Å². The summed E-state index contributed by atoms with van der Waals surface area (Å²) in [4.78, 5) is 29.7. The van der Waals surface area contributed by atoms with Gasteiger partial charge in [0.1, 0.15) is 18.2 Å². The van der Waals surface area contributed by atoms with Crippen LogP contribution in [0.25, 0.3) is 17.3 Å². The van der Waals surface area contributed by atoms with Crippen LogP contribution in [0, 0.1) is 11.3 Å². The highest BCUT2D eigenvalue weighted by Gasteiger charge is 2.33. The molecule has 8 nitrogen and oxygen atoms in total. The van der Waals surface area contributed by atoms with Gasteiger partial charge in [-0.05, 0) is 38.0 Å². The van der Waals surface area contributed by atoms with E-state index in [0.717, 1.165) is 35.5 Å². The first-order valence-corrected chi connectivity index (χ1v) is 10.6. The molecular weight excluding hydrogens is 392 g/mol. The maximum Gasteiger partial charge on any atom is 0.225 e. The Bertz CT molecular complexity index is 1040. The van der Waals surface area contributed by atoms with E-state index in [9.17, 15) is 10.1 Å². The van der Waals surface area contributed by atoms with E-state index in [1.54, 1.807) is 11.0 Å². The fourth-order valence-electron chi connectivity index (χ4n) is 4.10. The van der Waals surface area contributed by atoms with Crippen LogP contribution in [0.15, 0.2) is 25.0 Å². The van der Waals surface area contributed by atoms with Gasteiger partial charge in [0.2, 0.25) is 5.91 Å². The highest BCUT2D eigenvalue weighted by atomic mass is 16.3. The first kappa shape index (κ1) is 20.9. The third kappa shape index (κ3) is 4.28. The molecule has 1 N–H and O–H groups in total. The van der Waals surface area contributed by atoms with Gasteiger partial charge in [0, 0.05) is 43.6 Å². The Balaban J connectivity index is 1.68. The number of nitriles is 1. The van der Waals surface area contributed by atoms with E-state index in [-0.39, 0.29) is 25.0 Å². The third-order valence-electron chi connectivity index (χ3n) is 5.86. The lowest BCUT2D eigenvalue weighted by atomic mass is 10.0. The predicted octanol–water partition coefficient (Wildman–Crippen LogP) is 2.35. The summed E-state index contributed by atoms with van der Waals surface area (Å²) in [5.41, 5.74) is 3.81. The molecule has 2 aliphatic rings. The molecule has 0 aromatic carbocycles. The van der Waals surface area contributed by atoms with Crippen LogP contribution in [0.2, 0.25) is 0 Å². The number of hydrogen-bond donors (Lipinski definition) is 1. The van der Waals surface area contributed by atoms with Crippen LogP contribution in [0.3, 0.4) is 0 Å². The molecule has 2 aromatic rings. The quantitative estimate of drug-likeness (QED) is 0.767. The number of piperazine rings is 1. The van der Waals surface area contributed by atoms with Crippen molar-refractivity contribution in [3.63, 3.8) is 0 Å². The minimum absolute atomic E-state index is 0.0257. The van der Waals surface area contributed by atoms with Crippen LogP contribution in [0.5, 0.6) is 0 Å². The Kier molecular flexibility index (Phi) is 5.96. The van der Waals surface area contributed by atoms with E-state index in [0.29, 0.717) is 36.9 Å². The number of anilines is 1. The first-order chi connectivity index (χ1) is 15.0. The number of aliphatic hydroxyl groups is 1. The normalized spacial score (nSPS) is 18.5. The monoisotopic (exact) mass is 418 g/mol. The summed E-state index contributed by atoms with van der Waals surface area (Å²) >= 11 is 0. The van der Waals surface area contributed by atoms with Crippen molar-refractivity contribution in [3.05, 3.63) is 42.0 Å². The van der Waals surface area contributed by atoms with Gasteiger partial charge in [-0.1, -0.05) is 6.58 Å². The molecule has 0 radical (unpaired) electrons. The Labute approximate surface area is 181 Å². The van der Waals surface area contributed by atoms with Gasteiger partial charge in [0.05, 0.1) is 29.3 Å². The minimum Gasteiger partial charge on any atom is -0.396 e. The third-order valence-corrected chi connectivity index (χ3v) is 5.86. The molecule has 4 rings (SSSR count). The summed E-state index contributed by atoms with van der Waals surface area (Å²) in [5.74, 6) is 1.000. The van der Waals surface area contributed by atoms with E-state index < -0.39 is 0 Å². The molecule has 0 unspecified atom stereocenters. The molecule has 1 saturated heterocycles. The van der Waals surface area contributed by atoms with Gasteiger partial charge in [-0.2, -0.15) is 5.26 Å². The number of hydrogen-bond acceptors (Lipinski definition) is 7. The largest absolute Gasteiger partial charge is 0.396 e. The van der Waals surface area contributed by atoms with Crippen LogP contribution in [-0.2, 0) is 4.79 Å². The van der Waals surface area contributed by atoms with E-state index in [2.05, 4.69) is 27.5 Å². The van der Waals surface area contributed by atoms with Crippen molar-refractivity contribution in [3.8, 4) is 17.3 Å². The average molecular weight is 419 g/mol. The highest BCUT2D eigenvalue weighted by Crippen LogP contribution is 2.44. The molecule has 1 saturated carbocycles. The van der Waals surface area contributed by atoms with E-state index in [4.69, 9.17) is 10.1 Å². The fraction of sp³-hybridized carbons (Fsp3) is 0.435. The van der Waals surface area contributed by atoms with E-state index in [1.165, 1.54) is 6.33 Å². The van der Waals surface area contributed by atoms with Crippen molar-refractivity contribution in [2.45, 2.75) is 38.1 Å². The van der Waals surface area contributed by atoms with Crippen LogP contribution < -0.4 is 4.90 Å². The van der Waals surface area contributed by atoms with Crippen LogP contribution in [-0.4, -0.2) is 63.1 Å². The van der Waals surface area contributed by atoms with Gasteiger partial charge in [-0.15, -0.1) is 0 Å². The zero-order valence-corrected chi connectivity index (χ0v) is 17.7. The molecule has 0 bridgehead atoms. The van der Waals surface area contributed by atoms with Gasteiger partial charge < -0.3 is 14.9 Å². The second kappa shape index (κ2) is 8.82. The zero-order chi connectivity index (χ0) is 22.0. The van der Waals surface area contributed by atoms with E-state index in [1.807, 2.05) is 19.1 Å². The molecule has 1 atom stereocenters. The SMILES string of the molecule is C=Cc1cc(-c2cc(C#N)c(N3CCN(C(=O)CCO)[C@H](C)C3)nc2C2CC2)ncn1. The second-order valence-corrected chi connectivity index (χ2v) is 8.07. The van der Waals surface area contributed by atoms with Crippen molar-refractivity contribution in [1.82, 2.24) is 19.9 Å². The molecule has 3 heterocycles. The maximum atomic E-state index is 12.2. The molecule has 0 spiro atoms. The summed E-state index contributed by atoms with van der Waals surface area (Å²) < 4.78 is 0. The lowest BCUT2D eigenvalue weighted by Crippen LogP contribution is -2.54. The van der Waals surface area contributed by atoms with Crippen molar-refractivity contribution >= 4 is 17.8 Å². The number of carbonyl (C=O) groups excluding carboxylic acids is 1. The average Bonchev–Trinajstić information content (AvgIpc) is 3.63. The molecule has 2 aromatic heterocycles. The number of amides is 1. The van der Waals surface area contributed by atoms with Gasteiger partial charge in [-0.25, -0.2) is 15.0 Å². The van der Waals surface area contributed by atoms with Gasteiger partial charge in [0.15, 0.2) is 0 Å². The number of nitrogens with zero attached hydrogens (tertiary/aromatic N) is 6. The molecule has 2 fully saturated rings. The van der Waals surface area contributed by atoms with Crippen LogP contribution >= 0.6 is 0 Å². The Hall–Kier alpha value is -3.31. The Morgan fingerprint density at radius 1 is 1.35 bits per heavy atom. The lowest BCUT2D eigenvalue weighted by molar-refractivity contribution is -0.134. The number of aromatic nitrogens is 3. The topological polar surface area (TPSA) is 106 Å². The summed E-state index contributed by atoms with van der Waals surface area (Å²) in [6, 6.07) is 6.03. The second-order valence-electron chi connectivity index (χ2n) is 8.07.